The minimum absolute atomic E-state index is 0.218. The van der Waals surface area contributed by atoms with Gasteiger partial charge in [0.1, 0.15) is 5.69 Å². The van der Waals surface area contributed by atoms with E-state index in [2.05, 4.69) is 4.98 Å². The number of rotatable bonds is 3. The zero-order valence-electron chi connectivity index (χ0n) is 8.28. The number of amides is 1. The van der Waals surface area contributed by atoms with Gasteiger partial charge in [0, 0.05) is 12.7 Å². The maximum atomic E-state index is 11.8. The molecule has 0 aliphatic rings. The molecule has 92 valence electrons. The van der Waals surface area contributed by atoms with E-state index in [9.17, 15) is 22.8 Å². The van der Waals surface area contributed by atoms with Gasteiger partial charge in [-0.2, -0.15) is 13.2 Å². The minimum Gasteiger partial charge on any atom is -0.477 e. The molecule has 0 unspecified atom stereocenters. The first kappa shape index (κ1) is 12.9. The van der Waals surface area contributed by atoms with Gasteiger partial charge in [0.25, 0.3) is 0 Å². The lowest BCUT2D eigenvalue weighted by molar-refractivity contribution is -0.173. The molecule has 1 aromatic rings. The Morgan fingerprint density at radius 1 is 1.41 bits per heavy atom. The molecule has 0 aromatic carbocycles. The van der Waals surface area contributed by atoms with E-state index >= 15 is 0 Å². The van der Waals surface area contributed by atoms with Crippen LogP contribution in [0.4, 0.5) is 13.2 Å². The number of carboxylic acids is 1. The van der Waals surface area contributed by atoms with Gasteiger partial charge in [-0.3, -0.25) is 4.79 Å². The van der Waals surface area contributed by atoms with Crippen molar-refractivity contribution in [1.29, 1.82) is 0 Å². The monoisotopic (exact) mass is 248 g/mol. The van der Waals surface area contributed by atoms with E-state index in [4.69, 9.17) is 5.11 Å². The Labute approximate surface area is 93.3 Å². The van der Waals surface area contributed by atoms with Gasteiger partial charge in [0.2, 0.25) is 0 Å². The third-order valence-electron chi connectivity index (χ3n) is 1.75. The predicted molar refractivity (Wildman–Crippen MR) is 49.1 cm³/mol. The second kappa shape index (κ2) is 4.81. The van der Waals surface area contributed by atoms with Crippen molar-refractivity contribution < 1.29 is 27.9 Å². The number of aromatic nitrogens is 1. The topological polar surface area (TPSA) is 79.3 Å². The molecule has 8 heteroatoms. The fourth-order valence-electron chi connectivity index (χ4n) is 0.984. The van der Waals surface area contributed by atoms with Gasteiger partial charge in [-0.25, -0.2) is 9.78 Å². The van der Waals surface area contributed by atoms with Crippen LogP contribution in [0.3, 0.4) is 0 Å². The lowest BCUT2D eigenvalue weighted by atomic mass is 10.2. The molecule has 1 amide bonds. The maximum absolute atomic E-state index is 11.8. The van der Waals surface area contributed by atoms with Crippen LogP contribution in [0.5, 0.6) is 0 Å². The number of hydrogen-bond donors (Lipinski definition) is 2. The first-order chi connectivity index (χ1) is 7.80. The highest BCUT2D eigenvalue weighted by Gasteiger charge is 2.38. The molecule has 0 aliphatic heterocycles. The molecule has 0 aliphatic carbocycles. The molecule has 17 heavy (non-hydrogen) atoms. The summed E-state index contributed by atoms with van der Waals surface area (Å²) in [4.78, 5) is 24.5. The van der Waals surface area contributed by atoms with Crippen LogP contribution in [0.2, 0.25) is 0 Å². The zero-order chi connectivity index (χ0) is 13.1. The molecule has 1 heterocycles. The quantitative estimate of drug-likeness (QED) is 0.834. The summed E-state index contributed by atoms with van der Waals surface area (Å²) in [5, 5.41) is 10.2. The molecule has 1 aromatic heterocycles. The molecule has 0 saturated carbocycles. The summed E-state index contributed by atoms with van der Waals surface area (Å²) in [7, 11) is 0. The highest BCUT2D eigenvalue weighted by atomic mass is 19.4. The van der Waals surface area contributed by atoms with Gasteiger partial charge in [0.05, 0.1) is 0 Å². The Morgan fingerprint density at radius 2 is 2.06 bits per heavy atom. The van der Waals surface area contributed by atoms with Crippen molar-refractivity contribution in [1.82, 2.24) is 10.3 Å². The highest BCUT2D eigenvalue weighted by molar-refractivity contribution is 5.85. The normalized spacial score (nSPS) is 11.0. The predicted octanol–water partition coefficient (Wildman–Crippen LogP) is 0.958. The Morgan fingerprint density at radius 3 is 2.59 bits per heavy atom. The smallest absolute Gasteiger partial charge is 0.471 e. The SMILES string of the molecule is O=C(O)c1cc(CNC(=O)C(F)(F)F)ccn1. The lowest BCUT2D eigenvalue weighted by Gasteiger charge is -2.07. The Hall–Kier alpha value is -2.12. The van der Waals surface area contributed by atoms with E-state index in [-0.39, 0.29) is 11.3 Å². The van der Waals surface area contributed by atoms with E-state index in [1.807, 2.05) is 0 Å². The van der Waals surface area contributed by atoms with Crippen LogP contribution in [-0.2, 0) is 11.3 Å². The summed E-state index contributed by atoms with van der Waals surface area (Å²) in [5.41, 5.74) is -0.0845. The molecule has 1 rings (SSSR count). The summed E-state index contributed by atoms with van der Waals surface area (Å²) < 4.78 is 35.5. The van der Waals surface area contributed by atoms with Gasteiger partial charge in [-0.15, -0.1) is 0 Å². The van der Waals surface area contributed by atoms with E-state index in [0.717, 1.165) is 12.3 Å². The van der Waals surface area contributed by atoms with Gasteiger partial charge in [0.15, 0.2) is 0 Å². The van der Waals surface area contributed by atoms with Crippen molar-refractivity contribution in [3.8, 4) is 0 Å². The van der Waals surface area contributed by atoms with E-state index in [0.29, 0.717) is 0 Å². The molecule has 2 N–H and O–H groups in total. The number of halogens is 3. The number of nitrogens with zero attached hydrogens (tertiary/aromatic N) is 1. The average Bonchev–Trinajstić information content (AvgIpc) is 2.25. The minimum atomic E-state index is -4.96. The Bertz CT molecular complexity index is 445. The molecular weight excluding hydrogens is 241 g/mol. The molecular formula is C9H7F3N2O3. The number of nitrogens with one attached hydrogen (secondary N) is 1. The number of carbonyl (C=O) groups is 2. The first-order valence-electron chi connectivity index (χ1n) is 4.34. The molecule has 5 nitrogen and oxygen atoms in total. The Kier molecular flexibility index (Phi) is 3.66. The van der Waals surface area contributed by atoms with Crippen LogP contribution in [0.25, 0.3) is 0 Å². The van der Waals surface area contributed by atoms with Crippen LogP contribution >= 0.6 is 0 Å². The van der Waals surface area contributed by atoms with E-state index in [1.165, 1.54) is 6.07 Å². The van der Waals surface area contributed by atoms with Crippen LogP contribution in [0, 0.1) is 0 Å². The van der Waals surface area contributed by atoms with E-state index < -0.39 is 24.6 Å². The summed E-state index contributed by atoms with van der Waals surface area (Å²) in [5.74, 6) is -3.37. The van der Waals surface area contributed by atoms with Crippen LogP contribution in [0.15, 0.2) is 18.3 Å². The molecule has 0 fully saturated rings. The largest absolute Gasteiger partial charge is 0.477 e. The van der Waals surface area contributed by atoms with Crippen LogP contribution < -0.4 is 5.32 Å². The van der Waals surface area contributed by atoms with Crippen molar-refractivity contribution in [2.75, 3.05) is 0 Å². The molecule has 0 atom stereocenters. The highest BCUT2D eigenvalue weighted by Crippen LogP contribution is 2.14. The molecule has 0 bridgehead atoms. The number of aromatic carboxylic acids is 1. The zero-order valence-corrected chi connectivity index (χ0v) is 8.28. The van der Waals surface area contributed by atoms with Gasteiger partial charge < -0.3 is 10.4 Å². The third-order valence-corrected chi connectivity index (χ3v) is 1.75. The van der Waals surface area contributed by atoms with Crippen molar-refractivity contribution in [2.45, 2.75) is 12.7 Å². The first-order valence-corrected chi connectivity index (χ1v) is 4.34. The second-order valence-corrected chi connectivity index (χ2v) is 3.03. The number of pyridine rings is 1. The number of carbonyl (C=O) groups excluding carboxylic acids is 1. The lowest BCUT2D eigenvalue weighted by Crippen LogP contribution is -2.36. The standard InChI is InChI=1S/C9H7F3N2O3/c10-9(11,12)8(17)14-4-5-1-2-13-6(3-5)7(15)16/h1-3H,4H2,(H,14,17)(H,15,16). The van der Waals surface area contributed by atoms with Crippen molar-refractivity contribution in [3.63, 3.8) is 0 Å². The summed E-state index contributed by atoms with van der Waals surface area (Å²) in [6, 6.07) is 2.39. The van der Waals surface area contributed by atoms with Gasteiger partial charge in [-0.05, 0) is 17.7 Å². The summed E-state index contributed by atoms with van der Waals surface area (Å²) >= 11 is 0. The van der Waals surface area contributed by atoms with Crippen LogP contribution in [0.1, 0.15) is 16.1 Å². The van der Waals surface area contributed by atoms with Crippen molar-refractivity contribution >= 4 is 11.9 Å². The van der Waals surface area contributed by atoms with Gasteiger partial charge in [-0.1, -0.05) is 0 Å². The van der Waals surface area contributed by atoms with Crippen molar-refractivity contribution in [2.24, 2.45) is 0 Å². The summed E-state index contributed by atoms with van der Waals surface area (Å²) in [6.07, 6.45) is -3.82. The fourth-order valence-corrected chi connectivity index (χ4v) is 0.984. The van der Waals surface area contributed by atoms with Gasteiger partial charge >= 0.3 is 18.1 Å². The molecule has 0 radical (unpaired) electrons. The van der Waals surface area contributed by atoms with E-state index in [1.54, 1.807) is 5.32 Å². The third kappa shape index (κ3) is 3.74. The number of carboxylic acid groups (broad SMARTS) is 1. The maximum Gasteiger partial charge on any atom is 0.471 e. The number of alkyl halides is 3. The Balaban J connectivity index is 2.67. The number of hydrogen-bond acceptors (Lipinski definition) is 3. The van der Waals surface area contributed by atoms with Crippen LogP contribution in [-0.4, -0.2) is 28.1 Å². The molecule has 0 spiro atoms. The van der Waals surface area contributed by atoms with Crippen molar-refractivity contribution in [3.05, 3.63) is 29.6 Å². The second-order valence-electron chi connectivity index (χ2n) is 3.03. The summed E-state index contributed by atoms with van der Waals surface area (Å²) in [6.45, 7) is -0.416. The molecule has 0 saturated heterocycles. The fraction of sp³-hybridized carbons (Fsp3) is 0.222. The average molecular weight is 248 g/mol.